The van der Waals surface area contributed by atoms with E-state index in [0.717, 1.165) is 26.9 Å². The minimum absolute atomic E-state index is 0.0553. The van der Waals surface area contributed by atoms with E-state index in [-0.39, 0.29) is 24.8 Å². The SMILES string of the molecule is COc1cccc([C@@H]2OC(c3ccc(OCCCO)cc3)=N[C@]2(Cc2ccccc2Br)C(=O)NNCCSCc2ccc(F)cc2)c1. The zero-order chi connectivity index (χ0) is 33.1. The second-order valence-corrected chi connectivity index (χ2v) is 12.9. The van der Waals surface area contributed by atoms with E-state index in [2.05, 4.69) is 26.8 Å². The monoisotopic (exact) mass is 721 g/mol. The normalized spacial score (nSPS) is 17.1. The first-order chi connectivity index (χ1) is 22.9. The molecule has 0 radical (unpaired) electrons. The number of carbonyl (C=O) groups is 1. The van der Waals surface area contributed by atoms with E-state index in [4.69, 9.17) is 24.3 Å². The summed E-state index contributed by atoms with van der Waals surface area (Å²) >= 11 is 5.34. The Labute approximate surface area is 286 Å². The number of nitrogens with zero attached hydrogens (tertiary/aromatic N) is 1. The van der Waals surface area contributed by atoms with Crippen molar-refractivity contribution in [3.63, 3.8) is 0 Å². The van der Waals surface area contributed by atoms with Gasteiger partial charge in [-0.15, -0.1) is 0 Å². The second-order valence-electron chi connectivity index (χ2n) is 10.9. The maximum absolute atomic E-state index is 14.4. The van der Waals surface area contributed by atoms with Crippen LogP contribution in [0.3, 0.4) is 0 Å². The van der Waals surface area contributed by atoms with E-state index in [1.807, 2.05) is 72.8 Å². The smallest absolute Gasteiger partial charge is 0.266 e. The summed E-state index contributed by atoms with van der Waals surface area (Å²) in [5.41, 5.74) is 7.98. The number of benzene rings is 4. The number of thioether (sulfide) groups is 1. The highest BCUT2D eigenvalue weighted by Crippen LogP contribution is 2.44. The Hall–Kier alpha value is -3.90. The molecule has 0 bridgehead atoms. The second kappa shape index (κ2) is 16.8. The molecule has 4 aromatic carbocycles. The van der Waals surface area contributed by atoms with Crippen LogP contribution in [-0.2, 0) is 21.7 Å². The van der Waals surface area contributed by atoms with Crippen LogP contribution < -0.4 is 20.3 Å². The van der Waals surface area contributed by atoms with Gasteiger partial charge in [-0.25, -0.2) is 14.8 Å². The van der Waals surface area contributed by atoms with Gasteiger partial charge >= 0.3 is 0 Å². The fourth-order valence-corrected chi connectivity index (χ4v) is 6.41. The van der Waals surface area contributed by atoms with Gasteiger partial charge in [0, 0.05) is 47.5 Å². The Balaban J connectivity index is 1.42. The van der Waals surface area contributed by atoms with Crippen LogP contribution >= 0.6 is 27.7 Å². The highest BCUT2D eigenvalue weighted by atomic mass is 79.9. The zero-order valence-electron chi connectivity index (χ0n) is 26.0. The molecule has 5 rings (SSSR count). The Morgan fingerprint density at radius 1 is 1.04 bits per heavy atom. The number of ether oxygens (including phenoxy) is 3. The number of nitrogens with one attached hydrogen (secondary N) is 2. The molecular formula is C36H37BrFN3O5S. The van der Waals surface area contributed by atoms with Crippen LogP contribution in [0.15, 0.2) is 107 Å². The van der Waals surface area contributed by atoms with E-state index in [1.165, 1.54) is 12.1 Å². The lowest BCUT2D eigenvalue weighted by molar-refractivity contribution is -0.130. The number of rotatable bonds is 16. The molecular weight excluding hydrogens is 685 g/mol. The van der Waals surface area contributed by atoms with Gasteiger partial charge in [-0.05, 0) is 71.3 Å². The van der Waals surface area contributed by atoms with Crippen molar-refractivity contribution in [2.24, 2.45) is 4.99 Å². The van der Waals surface area contributed by atoms with Crippen LogP contribution in [-0.4, -0.2) is 55.1 Å². The fraction of sp³-hybridized carbons (Fsp3) is 0.278. The van der Waals surface area contributed by atoms with Crippen LogP contribution in [0.1, 0.15) is 34.8 Å². The maximum Gasteiger partial charge on any atom is 0.266 e. The van der Waals surface area contributed by atoms with Crippen LogP contribution in [0.5, 0.6) is 11.5 Å². The fourth-order valence-electron chi connectivity index (χ4n) is 5.16. The van der Waals surface area contributed by atoms with Crippen molar-refractivity contribution in [3.8, 4) is 11.5 Å². The van der Waals surface area contributed by atoms with Crippen LogP contribution in [0.2, 0.25) is 0 Å². The molecule has 1 amide bonds. The van der Waals surface area contributed by atoms with Gasteiger partial charge in [-0.2, -0.15) is 11.8 Å². The highest BCUT2D eigenvalue weighted by molar-refractivity contribution is 9.10. The summed E-state index contributed by atoms with van der Waals surface area (Å²) in [6, 6.07) is 29.0. The lowest BCUT2D eigenvalue weighted by atomic mass is 9.82. The van der Waals surface area contributed by atoms with Gasteiger partial charge in [0.2, 0.25) is 5.90 Å². The minimum atomic E-state index is -1.39. The van der Waals surface area contributed by atoms with Crippen molar-refractivity contribution < 1.29 is 28.5 Å². The molecule has 47 heavy (non-hydrogen) atoms. The number of hydrogen-bond acceptors (Lipinski definition) is 8. The third kappa shape index (κ3) is 8.92. The van der Waals surface area contributed by atoms with Gasteiger partial charge in [-0.1, -0.05) is 58.4 Å². The van der Waals surface area contributed by atoms with Crippen LogP contribution in [0.4, 0.5) is 4.39 Å². The molecule has 0 fully saturated rings. The summed E-state index contributed by atoms with van der Waals surface area (Å²) in [5, 5.41) is 9.07. The number of amides is 1. The summed E-state index contributed by atoms with van der Waals surface area (Å²) < 4.78 is 31.9. The van der Waals surface area contributed by atoms with Gasteiger partial charge in [0.15, 0.2) is 11.6 Å². The van der Waals surface area contributed by atoms with Gasteiger partial charge < -0.3 is 19.3 Å². The maximum atomic E-state index is 14.4. The molecule has 3 N–H and O–H groups in total. The van der Waals surface area contributed by atoms with E-state index in [9.17, 15) is 9.18 Å². The number of carbonyl (C=O) groups excluding carboxylic acids is 1. The number of aliphatic imine (C=N–C) groups is 1. The van der Waals surface area contributed by atoms with E-state index in [0.29, 0.717) is 48.3 Å². The molecule has 2 atom stereocenters. The van der Waals surface area contributed by atoms with E-state index < -0.39 is 11.6 Å². The lowest BCUT2D eigenvalue weighted by Crippen LogP contribution is -2.54. The summed E-state index contributed by atoms with van der Waals surface area (Å²) in [4.78, 5) is 19.5. The van der Waals surface area contributed by atoms with Crippen molar-refractivity contribution in [2.75, 3.05) is 32.6 Å². The third-order valence-corrected chi connectivity index (χ3v) is 9.40. The van der Waals surface area contributed by atoms with Gasteiger partial charge in [-0.3, -0.25) is 10.2 Å². The molecule has 1 aliphatic heterocycles. The van der Waals surface area contributed by atoms with Crippen molar-refractivity contribution in [3.05, 3.63) is 130 Å². The number of aliphatic hydroxyl groups excluding tert-OH is 1. The Bertz CT molecular complexity index is 1660. The Morgan fingerprint density at radius 3 is 2.57 bits per heavy atom. The first-order valence-electron chi connectivity index (χ1n) is 15.3. The zero-order valence-corrected chi connectivity index (χ0v) is 28.4. The number of halogens is 2. The largest absolute Gasteiger partial charge is 0.497 e. The number of aliphatic hydroxyl groups is 1. The molecule has 0 saturated heterocycles. The van der Waals surface area contributed by atoms with Crippen molar-refractivity contribution in [1.29, 1.82) is 0 Å². The first-order valence-corrected chi connectivity index (χ1v) is 17.2. The predicted octanol–water partition coefficient (Wildman–Crippen LogP) is 6.41. The van der Waals surface area contributed by atoms with Crippen molar-refractivity contribution >= 4 is 39.5 Å². The number of hydrogen-bond donors (Lipinski definition) is 3. The number of methoxy groups -OCH3 is 1. The first kappa shape index (κ1) is 34.4. The Morgan fingerprint density at radius 2 is 1.83 bits per heavy atom. The summed E-state index contributed by atoms with van der Waals surface area (Å²) in [6.45, 7) is 0.958. The van der Waals surface area contributed by atoms with Crippen molar-refractivity contribution in [1.82, 2.24) is 10.9 Å². The van der Waals surface area contributed by atoms with Crippen LogP contribution in [0.25, 0.3) is 0 Å². The molecule has 0 aliphatic carbocycles. The van der Waals surface area contributed by atoms with Crippen molar-refractivity contribution in [2.45, 2.75) is 30.2 Å². The summed E-state index contributed by atoms with van der Waals surface area (Å²) in [5.74, 6) is 2.46. The molecule has 8 nitrogen and oxygen atoms in total. The minimum Gasteiger partial charge on any atom is -0.497 e. The summed E-state index contributed by atoms with van der Waals surface area (Å²) in [7, 11) is 1.60. The predicted molar refractivity (Wildman–Crippen MR) is 186 cm³/mol. The quantitative estimate of drug-likeness (QED) is 0.0908. The topological polar surface area (TPSA) is 101 Å². The van der Waals surface area contributed by atoms with E-state index in [1.54, 1.807) is 31.0 Å². The third-order valence-electron chi connectivity index (χ3n) is 7.60. The lowest BCUT2D eigenvalue weighted by Gasteiger charge is -2.31. The van der Waals surface area contributed by atoms with Gasteiger partial charge in [0.25, 0.3) is 5.91 Å². The molecule has 0 saturated carbocycles. The molecule has 0 unspecified atom stereocenters. The standard InChI is InChI=1S/C36H37BrFN3O5S/c1-44-31-8-4-7-27(22-31)33-36(23-28-6-2-3-9-32(28)37,35(43)41-39-18-21-47-24-25-10-14-29(38)15-11-25)40-34(46-33)26-12-16-30(17-13-26)45-20-5-19-42/h2-4,6-17,22,33,39,42H,5,18-21,23-24H2,1H3,(H,41,43)/t33-,36-/m0/s1. The molecule has 11 heteroatoms. The van der Waals surface area contributed by atoms with Gasteiger partial charge in [0.05, 0.1) is 13.7 Å². The average Bonchev–Trinajstić information content (AvgIpc) is 3.49. The van der Waals surface area contributed by atoms with Gasteiger partial charge in [0.1, 0.15) is 17.3 Å². The summed E-state index contributed by atoms with van der Waals surface area (Å²) in [6.07, 6.45) is -0.00237. The van der Waals surface area contributed by atoms with Crippen LogP contribution in [0, 0.1) is 5.82 Å². The molecule has 246 valence electrons. The average molecular weight is 723 g/mol. The van der Waals surface area contributed by atoms with E-state index >= 15 is 0 Å². The highest BCUT2D eigenvalue weighted by Gasteiger charge is 2.53. The molecule has 4 aromatic rings. The number of hydrazine groups is 1. The molecule has 0 aromatic heterocycles. The molecule has 1 heterocycles. The Kier molecular flexibility index (Phi) is 12.3. The molecule has 0 spiro atoms. The molecule has 1 aliphatic rings.